The Bertz CT molecular complexity index is 724. The molecule has 3 rings (SSSR count). The molecule has 6 nitrogen and oxygen atoms in total. The van der Waals surface area contributed by atoms with Crippen molar-refractivity contribution in [2.24, 2.45) is 0 Å². The van der Waals surface area contributed by atoms with Gasteiger partial charge in [0.2, 0.25) is 5.76 Å². The Hall–Kier alpha value is -2.21. The van der Waals surface area contributed by atoms with Gasteiger partial charge in [-0.15, -0.1) is 0 Å². The second-order valence-corrected chi connectivity index (χ2v) is 5.14. The van der Waals surface area contributed by atoms with E-state index in [1.807, 2.05) is 6.92 Å². The van der Waals surface area contributed by atoms with Crippen LogP contribution in [0.4, 0.5) is 0 Å². The molecule has 1 aliphatic rings. The average Bonchev–Trinajstić information content (AvgIpc) is 3.06. The van der Waals surface area contributed by atoms with E-state index in [1.165, 1.54) is 13.2 Å². The quantitative estimate of drug-likeness (QED) is 0.938. The molecule has 1 atom stereocenters. The van der Waals surface area contributed by atoms with Gasteiger partial charge >= 0.3 is 5.97 Å². The minimum absolute atomic E-state index is 0.00791. The first-order valence-corrected chi connectivity index (χ1v) is 6.65. The van der Waals surface area contributed by atoms with Gasteiger partial charge in [-0.1, -0.05) is 16.8 Å². The van der Waals surface area contributed by atoms with Gasteiger partial charge in [-0.05, 0) is 13.0 Å². The predicted molar refractivity (Wildman–Crippen MR) is 74.3 cm³/mol. The number of rotatable bonds is 3. The highest BCUT2D eigenvalue weighted by Gasteiger charge is 2.29. The van der Waals surface area contributed by atoms with Crippen LogP contribution in [0, 0.1) is 0 Å². The fourth-order valence-corrected chi connectivity index (χ4v) is 2.67. The van der Waals surface area contributed by atoms with Gasteiger partial charge in [0.05, 0.1) is 12.1 Å². The second-order valence-electron chi connectivity index (χ2n) is 4.76. The van der Waals surface area contributed by atoms with Crippen LogP contribution in [0.2, 0.25) is 5.02 Å². The Balaban J connectivity index is 2.15. The highest BCUT2D eigenvalue weighted by Crippen LogP contribution is 2.46. The fourth-order valence-electron chi connectivity index (χ4n) is 2.35. The summed E-state index contributed by atoms with van der Waals surface area (Å²) in [5.41, 5.74) is 1.73. The van der Waals surface area contributed by atoms with Crippen molar-refractivity contribution in [2.75, 3.05) is 7.11 Å². The lowest BCUT2D eigenvalue weighted by Crippen LogP contribution is -2.05. The lowest BCUT2D eigenvalue weighted by atomic mass is 10.0. The van der Waals surface area contributed by atoms with Crippen molar-refractivity contribution < 1.29 is 23.9 Å². The van der Waals surface area contributed by atoms with E-state index >= 15 is 0 Å². The van der Waals surface area contributed by atoms with Crippen LogP contribution in [-0.4, -0.2) is 29.4 Å². The Morgan fingerprint density at radius 1 is 1.52 bits per heavy atom. The van der Waals surface area contributed by atoms with E-state index in [0.29, 0.717) is 34.2 Å². The van der Waals surface area contributed by atoms with Crippen LogP contribution in [0.15, 0.2) is 16.7 Å². The SMILES string of the molecule is COc1cc(-c2cc(C(=O)O)on2)c(Cl)c2c1OC(C)C2. The maximum Gasteiger partial charge on any atom is 0.374 e. The summed E-state index contributed by atoms with van der Waals surface area (Å²) in [6.07, 6.45) is 0.663. The van der Waals surface area contributed by atoms with Gasteiger partial charge in [-0.3, -0.25) is 0 Å². The molecule has 21 heavy (non-hydrogen) atoms. The molecule has 1 aliphatic heterocycles. The number of halogens is 1. The van der Waals surface area contributed by atoms with Crippen LogP contribution in [0.3, 0.4) is 0 Å². The summed E-state index contributed by atoms with van der Waals surface area (Å²) >= 11 is 6.41. The third-order valence-electron chi connectivity index (χ3n) is 3.30. The molecule has 0 radical (unpaired) electrons. The number of aromatic nitrogens is 1. The molecular weight excluding hydrogens is 298 g/mol. The summed E-state index contributed by atoms with van der Waals surface area (Å²) in [6.45, 7) is 1.94. The molecule has 1 N–H and O–H groups in total. The fraction of sp³-hybridized carbons (Fsp3) is 0.286. The predicted octanol–water partition coefficient (Wildman–Crippen LogP) is 3.03. The number of fused-ring (bicyclic) bond motifs is 1. The maximum atomic E-state index is 10.9. The van der Waals surface area contributed by atoms with Crippen molar-refractivity contribution in [1.29, 1.82) is 0 Å². The molecule has 0 amide bonds. The van der Waals surface area contributed by atoms with Gasteiger partial charge in [0.15, 0.2) is 11.5 Å². The standard InChI is InChI=1S/C14H12ClNO5/c1-6-3-8-12(15)7(4-10(19-2)13(8)20-6)9-5-11(14(17)18)21-16-9/h4-6H,3H2,1-2H3,(H,17,18). The van der Waals surface area contributed by atoms with Crippen LogP contribution in [0.25, 0.3) is 11.3 Å². The van der Waals surface area contributed by atoms with E-state index in [-0.39, 0.29) is 11.9 Å². The number of aromatic carboxylic acids is 1. The second kappa shape index (κ2) is 4.96. The average molecular weight is 310 g/mol. The summed E-state index contributed by atoms with van der Waals surface area (Å²) < 4.78 is 15.8. The van der Waals surface area contributed by atoms with Crippen molar-refractivity contribution in [3.8, 4) is 22.8 Å². The van der Waals surface area contributed by atoms with E-state index in [1.54, 1.807) is 6.07 Å². The van der Waals surface area contributed by atoms with E-state index in [9.17, 15) is 4.79 Å². The molecular formula is C14H12ClNO5. The van der Waals surface area contributed by atoms with Crippen LogP contribution >= 0.6 is 11.6 Å². The first-order valence-electron chi connectivity index (χ1n) is 6.27. The Morgan fingerprint density at radius 3 is 2.90 bits per heavy atom. The number of benzene rings is 1. The molecule has 2 aromatic rings. The highest BCUT2D eigenvalue weighted by atomic mass is 35.5. The van der Waals surface area contributed by atoms with Crippen molar-refractivity contribution in [2.45, 2.75) is 19.4 Å². The number of carboxylic acid groups (broad SMARTS) is 1. The summed E-state index contributed by atoms with van der Waals surface area (Å²) in [4.78, 5) is 10.9. The molecule has 1 unspecified atom stereocenters. The van der Waals surface area contributed by atoms with Crippen molar-refractivity contribution >= 4 is 17.6 Å². The highest BCUT2D eigenvalue weighted by molar-refractivity contribution is 6.34. The monoisotopic (exact) mass is 309 g/mol. The number of nitrogens with zero attached hydrogens (tertiary/aromatic N) is 1. The van der Waals surface area contributed by atoms with Crippen molar-refractivity contribution in [3.05, 3.63) is 28.5 Å². The molecule has 110 valence electrons. The zero-order valence-electron chi connectivity index (χ0n) is 11.3. The Labute approximate surface area is 125 Å². The van der Waals surface area contributed by atoms with Gasteiger partial charge < -0.3 is 19.1 Å². The Kier molecular flexibility index (Phi) is 3.25. The summed E-state index contributed by atoms with van der Waals surface area (Å²) in [7, 11) is 1.53. The molecule has 2 heterocycles. The first-order chi connectivity index (χ1) is 10.0. The number of hydrogen-bond acceptors (Lipinski definition) is 5. The van der Waals surface area contributed by atoms with Gasteiger partial charge in [-0.2, -0.15) is 0 Å². The van der Waals surface area contributed by atoms with Gasteiger partial charge in [0.1, 0.15) is 11.8 Å². The molecule has 1 aromatic heterocycles. The van der Waals surface area contributed by atoms with E-state index < -0.39 is 5.97 Å². The zero-order chi connectivity index (χ0) is 15.1. The third-order valence-corrected chi connectivity index (χ3v) is 3.73. The lowest BCUT2D eigenvalue weighted by molar-refractivity contribution is 0.0652. The van der Waals surface area contributed by atoms with Crippen LogP contribution < -0.4 is 9.47 Å². The lowest BCUT2D eigenvalue weighted by Gasteiger charge is -2.11. The maximum absolute atomic E-state index is 10.9. The van der Waals surface area contributed by atoms with Gasteiger partial charge in [-0.25, -0.2) is 4.79 Å². The normalized spacial score (nSPS) is 16.4. The topological polar surface area (TPSA) is 81.8 Å². The largest absolute Gasteiger partial charge is 0.493 e. The smallest absolute Gasteiger partial charge is 0.374 e. The number of carbonyl (C=O) groups is 1. The molecule has 0 fully saturated rings. The van der Waals surface area contributed by atoms with Crippen molar-refractivity contribution in [1.82, 2.24) is 5.16 Å². The summed E-state index contributed by atoms with van der Waals surface area (Å²) in [5, 5.41) is 13.1. The van der Waals surface area contributed by atoms with Crippen LogP contribution in [-0.2, 0) is 6.42 Å². The van der Waals surface area contributed by atoms with Gasteiger partial charge in [0.25, 0.3) is 0 Å². The zero-order valence-corrected chi connectivity index (χ0v) is 12.1. The number of ether oxygens (including phenoxy) is 2. The first kappa shape index (κ1) is 13.8. The molecule has 0 spiro atoms. The Morgan fingerprint density at radius 2 is 2.29 bits per heavy atom. The van der Waals surface area contributed by atoms with Crippen LogP contribution in [0.1, 0.15) is 23.0 Å². The molecule has 0 saturated carbocycles. The number of hydrogen-bond donors (Lipinski definition) is 1. The minimum Gasteiger partial charge on any atom is -0.493 e. The molecule has 7 heteroatoms. The summed E-state index contributed by atoms with van der Waals surface area (Å²) in [5.74, 6) is -0.269. The number of carboxylic acids is 1. The molecule has 1 aromatic carbocycles. The third kappa shape index (κ3) is 2.21. The minimum atomic E-state index is -1.19. The van der Waals surface area contributed by atoms with E-state index in [4.69, 9.17) is 30.7 Å². The van der Waals surface area contributed by atoms with E-state index in [2.05, 4.69) is 5.16 Å². The summed E-state index contributed by atoms with van der Waals surface area (Å²) in [6, 6.07) is 3.00. The van der Waals surface area contributed by atoms with Crippen molar-refractivity contribution in [3.63, 3.8) is 0 Å². The molecule has 0 bridgehead atoms. The van der Waals surface area contributed by atoms with Crippen LogP contribution in [0.5, 0.6) is 11.5 Å². The van der Waals surface area contributed by atoms with Gasteiger partial charge in [0, 0.05) is 23.6 Å². The number of methoxy groups -OCH3 is 1. The van der Waals surface area contributed by atoms with E-state index in [0.717, 1.165) is 5.56 Å². The molecule has 0 aliphatic carbocycles. The molecule has 0 saturated heterocycles.